The number of nitrogens with one attached hydrogen (secondary N) is 1. The summed E-state index contributed by atoms with van der Waals surface area (Å²) in [6.07, 6.45) is 1.00. The van der Waals surface area contributed by atoms with Crippen LogP contribution in [0.2, 0.25) is 0 Å². The highest BCUT2D eigenvalue weighted by Crippen LogP contribution is 2.18. The Bertz CT molecular complexity index is 105. The fraction of sp³-hybridized carbons (Fsp3) is 1.00. The van der Waals surface area contributed by atoms with Crippen molar-refractivity contribution in [3.05, 3.63) is 0 Å². The molecule has 2 heteroatoms. The largest absolute Gasteiger partial charge is 0.392 e. The third-order valence-electron chi connectivity index (χ3n) is 2.46. The molecule has 0 radical (unpaired) electrons. The fourth-order valence-electron chi connectivity index (χ4n) is 1.59. The Morgan fingerprint density at radius 2 is 2.20 bits per heavy atom. The zero-order valence-corrected chi connectivity index (χ0v) is 6.80. The second kappa shape index (κ2) is 3.35. The molecule has 1 saturated heterocycles. The SMILES string of the molecule is CCC1CNCC(C)C1O. The van der Waals surface area contributed by atoms with Gasteiger partial charge in [0, 0.05) is 13.1 Å². The van der Waals surface area contributed by atoms with E-state index in [9.17, 15) is 5.11 Å². The van der Waals surface area contributed by atoms with Gasteiger partial charge in [-0.05, 0) is 18.3 Å². The molecule has 1 rings (SSSR count). The van der Waals surface area contributed by atoms with Gasteiger partial charge in [0.2, 0.25) is 0 Å². The molecule has 0 spiro atoms. The first-order valence-corrected chi connectivity index (χ1v) is 4.14. The summed E-state index contributed by atoms with van der Waals surface area (Å²) < 4.78 is 0. The van der Waals surface area contributed by atoms with Gasteiger partial charge in [0.25, 0.3) is 0 Å². The maximum atomic E-state index is 9.60. The number of aliphatic hydroxyl groups excluding tert-OH is 1. The molecule has 1 aliphatic rings. The zero-order chi connectivity index (χ0) is 7.56. The van der Waals surface area contributed by atoms with E-state index in [2.05, 4.69) is 19.2 Å². The van der Waals surface area contributed by atoms with Gasteiger partial charge in [-0.3, -0.25) is 0 Å². The van der Waals surface area contributed by atoms with E-state index in [1.54, 1.807) is 0 Å². The van der Waals surface area contributed by atoms with E-state index in [0.717, 1.165) is 19.5 Å². The Kier molecular flexibility index (Phi) is 2.69. The summed E-state index contributed by atoms with van der Waals surface area (Å²) in [6.45, 7) is 6.19. The Morgan fingerprint density at radius 1 is 1.50 bits per heavy atom. The van der Waals surface area contributed by atoms with E-state index >= 15 is 0 Å². The van der Waals surface area contributed by atoms with Crippen LogP contribution in [0.3, 0.4) is 0 Å². The molecule has 0 saturated carbocycles. The van der Waals surface area contributed by atoms with Gasteiger partial charge in [-0.15, -0.1) is 0 Å². The number of hydrogen-bond acceptors (Lipinski definition) is 2. The third-order valence-corrected chi connectivity index (χ3v) is 2.46. The van der Waals surface area contributed by atoms with Crippen LogP contribution in [0, 0.1) is 11.8 Å². The Morgan fingerprint density at radius 3 is 2.70 bits per heavy atom. The minimum atomic E-state index is -0.0775. The molecule has 2 N–H and O–H groups in total. The maximum Gasteiger partial charge on any atom is 0.0618 e. The Hall–Kier alpha value is -0.0800. The molecule has 1 heterocycles. The normalized spacial score (nSPS) is 41.7. The molecule has 3 unspecified atom stereocenters. The van der Waals surface area contributed by atoms with Crippen LogP contribution in [0.1, 0.15) is 20.3 Å². The summed E-state index contributed by atoms with van der Waals surface area (Å²) in [6, 6.07) is 0. The summed E-state index contributed by atoms with van der Waals surface area (Å²) in [5.41, 5.74) is 0. The highest BCUT2D eigenvalue weighted by molar-refractivity contribution is 4.80. The number of rotatable bonds is 1. The van der Waals surface area contributed by atoms with Crippen LogP contribution in [0.5, 0.6) is 0 Å². The van der Waals surface area contributed by atoms with Crippen LogP contribution in [-0.4, -0.2) is 24.3 Å². The van der Waals surface area contributed by atoms with E-state index in [1.807, 2.05) is 0 Å². The topological polar surface area (TPSA) is 32.3 Å². The van der Waals surface area contributed by atoms with E-state index in [-0.39, 0.29) is 6.10 Å². The molecule has 3 atom stereocenters. The van der Waals surface area contributed by atoms with Crippen molar-refractivity contribution in [1.29, 1.82) is 0 Å². The first-order chi connectivity index (χ1) is 4.75. The van der Waals surface area contributed by atoms with Crippen molar-refractivity contribution >= 4 is 0 Å². The van der Waals surface area contributed by atoms with Crippen molar-refractivity contribution in [3.63, 3.8) is 0 Å². The van der Waals surface area contributed by atoms with Gasteiger partial charge in [0.05, 0.1) is 6.10 Å². The monoisotopic (exact) mass is 143 g/mol. The van der Waals surface area contributed by atoms with Gasteiger partial charge in [-0.2, -0.15) is 0 Å². The van der Waals surface area contributed by atoms with Crippen LogP contribution in [0.15, 0.2) is 0 Å². The molecule has 1 fully saturated rings. The average Bonchev–Trinajstić information content (AvgIpc) is 1.95. The van der Waals surface area contributed by atoms with Gasteiger partial charge >= 0.3 is 0 Å². The summed E-state index contributed by atoms with van der Waals surface area (Å²) in [5, 5.41) is 12.9. The summed E-state index contributed by atoms with van der Waals surface area (Å²) >= 11 is 0. The fourth-order valence-corrected chi connectivity index (χ4v) is 1.59. The van der Waals surface area contributed by atoms with Crippen molar-refractivity contribution in [3.8, 4) is 0 Å². The summed E-state index contributed by atoms with van der Waals surface area (Å²) in [4.78, 5) is 0. The number of hydrogen-bond donors (Lipinski definition) is 2. The lowest BCUT2D eigenvalue weighted by Gasteiger charge is -2.32. The quantitative estimate of drug-likeness (QED) is 0.564. The minimum absolute atomic E-state index is 0.0775. The molecule has 2 nitrogen and oxygen atoms in total. The molecule has 10 heavy (non-hydrogen) atoms. The molecule has 60 valence electrons. The third kappa shape index (κ3) is 1.50. The van der Waals surface area contributed by atoms with Crippen LogP contribution < -0.4 is 5.32 Å². The summed E-state index contributed by atoms with van der Waals surface area (Å²) in [5.74, 6) is 0.905. The smallest absolute Gasteiger partial charge is 0.0618 e. The molecule has 0 aromatic carbocycles. The van der Waals surface area contributed by atoms with E-state index in [0.29, 0.717) is 11.8 Å². The van der Waals surface area contributed by atoms with Crippen LogP contribution in [-0.2, 0) is 0 Å². The number of aliphatic hydroxyl groups is 1. The molecule has 1 aliphatic heterocycles. The van der Waals surface area contributed by atoms with E-state index in [4.69, 9.17) is 0 Å². The minimum Gasteiger partial charge on any atom is -0.392 e. The predicted molar refractivity (Wildman–Crippen MR) is 41.8 cm³/mol. The van der Waals surface area contributed by atoms with Crippen LogP contribution >= 0.6 is 0 Å². The van der Waals surface area contributed by atoms with Crippen molar-refractivity contribution in [2.75, 3.05) is 13.1 Å². The van der Waals surface area contributed by atoms with Gasteiger partial charge in [-0.1, -0.05) is 13.8 Å². The second-order valence-corrected chi connectivity index (χ2v) is 3.29. The van der Waals surface area contributed by atoms with Crippen molar-refractivity contribution in [2.24, 2.45) is 11.8 Å². The van der Waals surface area contributed by atoms with Crippen molar-refractivity contribution in [1.82, 2.24) is 5.32 Å². The highest BCUT2D eigenvalue weighted by atomic mass is 16.3. The average molecular weight is 143 g/mol. The van der Waals surface area contributed by atoms with Gasteiger partial charge in [0.15, 0.2) is 0 Å². The van der Waals surface area contributed by atoms with Crippen molar-refractivity contribution < 1.29 is 5.11 Å². The summed E-state index contributed by atoms with van der Waals surface area (Å²) in [7, 11) is 0. The molecular formula is C8H17NO. The molecule has 0 aromatic heterocycles. The highest BCUT2D eigenvalue weighted by Gasteiger charge is 2.26. The zero-order valence-electron chi connectivity index (χ0n) is 6.80. The molecule has 0 bridgehead atoms. The van der Waals surface area contributed by atoms with Crippen LogP contribution in [0.4, 0.5) is 0 Å². The molecule has 0 aromatic rings. The molecular weight excluding hydrogens is 126 g/mol. The standard InChI is InChI=1S/C8H17NO/c1-3-7-5-9-4-6(2)8(7)10/h6-10H,3-5H2,1-2H3. The second-order valence-electron chi connectivity index (χ2n) is 3.29. The van der Waals surface area contributed by atoms with Crippen molar-refractivity contribution in [2.45, 2.75) is 26.4 Å². The van der Waals surface area contributed by atoms with Gasteiger partial charge < -0.3 is 10.4 Å². The van der Waals surface area contributed by atoms with E-state index in [1.165, 1.54) is 0 Å². The molecule has 0 amide bonds. The lowest BCUT2D eigenvalue weighted by molar-refractivity contribution is 0.0338. The Balaban J connectivity index is 2.42. The van der Waals surface area contributed by atoms with Gasteiger partial charge in [0.1, 0.15) is 0 Å². The maximum absolute atomic E-state index is 9.60. The lowest BCUT2D eigenvalue weighted by atomic mass is 9.87. The van der Waals surface area contributed by atoms with Gasteiger partial charge in [-0.25, -0.2) is 0 Å². The first-order valence-electron chi connectivity index (χ1n) is 4.14. The number of piperidine rings is 1. The van der Waals surface area contributed by atoms with Crippen LogP contribution in [0.25, 0.3) is 0 Å². The lowest BCUT2D eigenvalue weighted by Crippen LogP contribution is -2.45. The first kappa shape index (κ1) is 8.02. The predicted octanol–water partition coefficient (Wildman–Crippen LogP) is 0.613. The molecule has 0 aliphatic carbocycles. The van der Waals surface area contributed by atoms with E-state index < -0.39 is 0 Å². The Labute approximate surface area is 62.6 Å².